The summed E-state index contributed by atoms with van der Waals surface area (Å²) >= 11 is 0. The van der Waals surface area contributed by atoms with E-state index >= 15 is 0 Å². The monoisotopic (exact) mass is 221 g/mol. The van der Waals surface area contributed by atoms with Crippen molar-refractivity contribution in [1.82, 2.24) is 15.2 Å². The van der Waals surface area contributed by atoms with Gasteiger partial charge >= 0.3 is 0 Å². The molecule has 0 spiro atoms. The lowest BCUT2D eigenvalue weighted by molar-refractivity contribution is 1.07. The van der Waals surface area contributed by atoms with Gasteiger partial charge in [-0.15, -0.1) is 0 Å². The third-order valence-electron chi connectivity index (χ3n) is 3.37. The molecule has 0 bridgehead atoms. The van der Waals surface area contributed by atoms with Gasteiger partial charge in [-0.25, -0.2) is 0 Å². The molecule has 82 valence electrons. The number of nitrogens with one attached hydrogen (secondary N) is 3. The van der Waals surface area contributed by atoms with Crippen molar-refractivity contribution in [3.05, 3.63) is 42.5 Å². The smallest absolute Gasteiger partial charge is 0.104 e. The average molecular weight is 221 g/mol. The molecule has 4 rings (SSSR count). The molecule has 3 nitrogen and oxygen atoms in total. The van der Waals surface area contributed by atoms with Crippen LogP contribution in [0.25, 0.3) is 38.9 Å². The molecule has 2 aromatic heterocycles. The van der Waals surface area contributed by atoms with Crippen LogP contribution in [0.3, 0.4) is 0 Å². The standard InChI is InChI=1S/C14H11N3/c1-2-8-7-10-9-5-3-4-6-11(9)15-13(10)14-12(8)16-17-14/h2-7,15-17H,1H2. The minimum atomic E-state index is 1.12. The highest BCUT2D eigenvalue weighted by Crippen LogP contribution is 2.32. The van der Waals surface area contributed by atoms with E-state index in [-0.39, 0.29) is 0 Å². The lowest BCUT2D eigenvalue weighted by Crippen LogP contribution is -1.94. The van der Waals surface area contributed by atoms with E-state index in [1.807, 2.05) is 12.1 Å². The van der Waals surface area contributed by atoms with Crippen LogP contribution in [-0.2, 0) is 0 Å². The SMILES string of the molecule is C=Cc1cc2c3ccccc3[nH]c2c2[nH][nH]c12. The molecule has 3 heteroatoms. The van der Waals surface area contributed by atoms with Crippen LogP contribution in [0, 0.1) is 0 Å². The Kier molecular flexibility index (Phi) is 1.45. The highest BCUT2D eigenvalue weighted by Gasteiger charge is 2.12. The van der Waals surface area contributed by atoms with Crippen molar-refractivity contribution in [1.29, 1.82) is 0 Å². The Morgan fingerprint density at radius 2 is 1.76 bits per heavy atom. The van der Waals surface area contributed by atoms with Gasteiger partial charge < -0.3 is 4.98 Å². The van der Waals surface area contributed by atoms with Gasteiger partial charge in [-0.2, -0.15) is 0 Å². The van der Waals surface area contributed by atoms with Crippen molar-refractivity contribution in [3.63, 3.8) is 0 Å². The van der Waals surface area contributed by atoms with Crippen molar-refractivity contribution >= 4 is 38.9 Å². The van der Waals surface area contributed by atoms with Crippen LogP contribution in [0.2, 0.25) is 0 Å². The first kappa shape index (κ1) is 8.70. The van der Waals surface area contributed by atoms with Crippen LogP contribution in [0.15, 0.2) is 36.9 Å². The van der Waals surface area contributed by atoms with Gasteiger partial charge in [-0.05, 0) is 12.1 Å². The van der Waals surface area contributed by atoms with Crippen LogP contribution >= 0.6 is 0 Å². The Morgan fingerprint density at radius 3 is 2.53 bits per heavy atom. The topological polar surface area (TPSA) is 47.4 Å². The number of hydrogen-bond donors (Lipinski definition) is 3. The van der Waals surface area contributed by atoms with Crippen molar-refractivity contribution in [3.8, 4) is 0 Å². The molecule has 2 aromatic carbocycles. The highest BCUT2D eigenvalue weighted by molar-refractivity contribution is 6.17. The Labute approximate surface area is 97.1 Å². The third kappa shape index (κ3) is 0.959. The second kappa shape index (κ2) is 2.83. The molecule has 3 N–H and O–H groups in total. The predicted molar refractivity (Wildman–Crippen MR) is 72.1 cm³/mol. The Balaban J connectivity index is 2.33. The van der Waals surface area contributed by atoms with Crippen molar-refractivity contribution < 1.29 is 0 Å². The molecule has 0 radical (unpaired) electrons. The molecule has 4 aromatic rings. The molecule has 0 atom stereocenters. The van der Waals surface area contributed by atoms with Gasteiger partial charge in [-0.1, -0.05) is 30.9 Å². The molecule has 0 saturated heterocycles. The number of fused-ring (bicyclic) bond motifs is 5. The van der Waals surface area contributed by atoms with Crippen LogP contribution in [0.1, 0.15) is 5.56 Å². The fourth-order valence-electron chi connectivity index (χ4n) is 2.49. The quantitative estimate of drug-likeness (QED) is 0.438. The molecule has 0 unspecified atom stereocenters. The molecule has 0 amide bonds. The second-order valence-corrected chi connectivity index (χ2v) is 4.26. The summed E-state index contributed by atoms with van der Waals surface area (Å²) in [7, 11) is 0. The van der Waals surface area contributed by atoms with Gasteiger partial charge in [0.2, 0.25) is 0 Å². The minimum absolute atomic E-state index is 1.12. The van der Waals surface area contributed by atoms with Crippen LogP contribution in [-0.4, -0.2) is 15.2 Å². The summed E-state index contributed by atoms with van der Waals surface area (Å²) in [4.78, 5) is 3.45. The maximum Gasteiger partial charge on any atom is 0.104 e. The molecular formula is C14H11N3. The lowest BCUT2D eigenvalue weighted by atomic mass is 10.1. The molecule has 0 fully saturated rings. The fourth-order valence-corrected chi connectivity index (χ4v) is 2.49. The van der Waals surface area contributed by atoms with Gasteiger partial charge in [-0.3, -0.25) is 10.2 Å². The van der Waals surface area contributed by atoms with Crippen molar-refractivity contribution in [2.75, 3.05) is 0 Å². The summed E-state index contributed by atoms with van der Waals surface area (Å²) in [5, 5.41) is 8.73. The summed E-state index contributed by atoms with van der Waals surface area (Å²) in [6.45, 7) is 3.86. The first-order valence-corrected chi connectivity index (χ1v) is 5.60. The van der Waals surface area contributed by atoms with E-state index in [1.165, 1.54) is 16.3 Å². The first-order valence-electron chi connectivity index (χ1n) is 5.60. The van der Waals surface area contributed by atoms with Crippen molar-refractivity contribution in [2.24, 2.45) is 0 Å². The first-order chi connectivity index (χ1) is 8.38. The van der Waals surface area contributed by atoms with Crippen molar-refractivity contribution in [2.45, 2.75) is 0 Å². The average Bonchev–Trinajstić information content (AvgIpc) is 2.65. The van der Waals surface area contributed by atoms with Gasteiger partial charge in [0.1, 0.15) is 5.52 Å². The Bertz CT molecular complexity index is 858. The van der Waals surface area contributed by atoms with Gasteiger partial charge in [0, 0.05) is 21.9 Å². The molecular weight excluding hydrogens is 210 g/mol. The normalized spacial score (nSPS) is 11.8. The van der Waals surface area contributed by atoms with E-state index in [4.69, 9.17) is 0 Å². The van der Waals surface area contributed by atoms with Gasteiger partial charge in [0.25, 0.3) is 0 Å². The third-order valence-corrected chi connectivity index (χ3v) is 3.37. The number of benzene rings is 2. The molecule has 0 saturated carbocycles. The van der Waals surface area contributed by atoms with E-state index in [9.17, 15) is 0 Å². The molecule has 17 heavy (non-hydrogen) atoms. The minimum Gasteiger partial charge on any atom is -0.353 e. The number of rotatable bonds is 1. The molecule has 0 aliphatic heterocycles. The zero-order valence-electron chi connectivity index (χ0n) is 9.17. The zero-order chi connectivity index (χ0) is 11.4. The number of aromatic nitrogens is 3. The molecule has 0 aliphatic carbocycles. The summed E-state index contributed by atoms with van der Waals surface area (Å²) in [5.74, 6) is 0. The van der Waals surface area contributed by atoms with E-state index in [0.29, 0.717) is 0 Å². The summed E-state index contributed by atoms with van der Waals surface area (Å²) in [6, 6.07) is 10.5. The maximum absolute atomic E-state index is 3.86. The van der Waals surface area contributed by atoms with Crippen LogP contribution < -0.4 is 0 Å². The van der Waals surface area contributed by atoms with Crippen LogP contribution in [0.5, 0.6) is 0 Å². The zero-order valence-corrected chi connectivity index (χ0v) is 9.17. The Hall–Kier alpha value is -2.42. The lowest BCUT2D eigenvalue weighted by Gasteiger charge is -2.08. The maximum atomic E-state index is 3.86. The Morgan fingerprint density at radius 1 is 0.941 bits per heavy atom. The van der Waals surface area contributed by atoms with Crippen LogP contribution in [0.4, 0.5) is 0 Å². The van der Waals surface area contributed by atoms with Gasteiger partial charge in [0.15, 0.2) is 0 Å². The largest absolute Gasteiger partial charge is 0.353 e. The summed E-state index contributed by atoms with van der Waals surface area (Å²) < 4.78 is 0. The number of aromatic amines is 3. The predicted octanol–water partition coefficient (Wildman–Crippen LogP) is 3.77. The number of hydrogen-bond acceptors (Lipinski definition) is 0. The number of H-pyrrole nitrogens is 3. The summed E-state index contributed by atoms with van der Waals surface area (Å²) in [5.41, 5.74) is 5.72. The van der Waals surface area contributed by atoms with E-state index in [0.717, 1.165) is 22.1 Å². The van der Waals surface area contributed by atoms with E-state index in [1.54, 1.807) is 0 Å². The second-order valence-electron chi connectivity index (χ2n) is 4.26. The molecule has 2 heterocycles. The van der Waals surface area contributed by atoms with E-state index in [2.05, 4.69) is 46.0 Å². The van der Waals surface area contributed by atoms with Gasteiger partial charge in [0.05, 0.1) is 11.0 Å². The number of para-hydroxylation sites is 1. The fraction of sp³-hybridized carbons (Fsp3) is 0. The molecule has 0 aliphatic rings. The van der Waals surface area contributed by atoms with E-state index < -0.39 is 0 Å². The highest BCUT2D eigenvalue weighted by atomic mass is 15.2. The summed E-state index contributed by atoms with van der Waals surface area (Å²) in [6.07, 6.45) is 1.88.